The van der Waals surface area contributed by atoms with Crippen molar-refractivity contribution in [3.8, 4) is 0 Å². The Kier molecular flexibility index (Phi) is 4.55. The molecule has 1 aromatic heterocycles. The van der Waals surface area contributed by atoms with Crippen LogP contribution in [0.15, 0.2) is 24.5 Å². The van der Waals surface area contributed by atoms with Crippen molar-refractivity contribution >= 4 is 16.7 Å². The number of aromatic amines is 1. The van der Waals surface area contributed by atoms with Crippen molar-refractivity contribution in [2.24, 2.45) is 0 Å². The number of hydrogen-bond acceptors (Lipinski definition) is 4. The Morgan fingerprint density at radius 1 is 1.11 bits per heavy atom. The van der Waals surface area contributed by atoms with Crippen LogP contribution in [-0.4, -0.2) is 46.5 Å². The van der Waals surface area contributed by atoms with Crippen LogP contribution in [0.2, 0.25) is 0 Å². The molecular weight excluding hydrogens is 230 g/mol. The highest BCUT2D eigenvalue weighted by atomic mass is 16.3. The summed E-state index contributed by atoms with van der Waals surface area (Å²) in [6, 6.07) is 6.00. The summed E-state index contributed by atoms with van der Waals surface area (Å²) < 4.78 is 0. The number of aliphatic hydroxyl groups is 2. The second-order valence-electron chi connectivity index (χ2n) is 4.22. The summed E-state index contributed by atoms with van der Waals surface area (Å²) in [6.45, 7) is 1.88. The van der Waals surface area contributed by atoms with Crippen molar-refractivity contribution in [2.75, 3.05) is 31.2 Å². The average molecular weight is 249 g/mol. The van der Waals surface area contributed by atoms with Crippen LogP contribution in [0.4, 0.5) is 5.69 Å². The lowest BCUT2D eigenvalue weighted by atomic mass is 10.2. The van der Waals surface area contributed by atoms with Gasteiger partial charge in [-0.2, -0.15) is 0 Å². The van der Waals surface area contributed by atoms with Gasteiger partial charge in [0, 0.05) is 26.3 Å². The van der Waals surface area contributed by atoms with E-state index in [1.165, 1.54) is 0 Å². The molecule has 98 valence electrons. The predicted octanol–water partition coefficient (Wildman–Crippen LogP) is 1.13. The third-order valence-corrected chi connectivity index (χ3v) is 2.94. The SMILES string of the molecule is OCCCN(CCCO)c1cccc2[nH]cnc12. The Hall–Kier alpha value is -1.59. The quantitative estimate of drug-likeness (QED) is 0.688. The van der Waals surface area contributed by atoms with Gasteiger partial charge in [0.05, 0.1) is 17.5 Å². The molecule has 1 aromatic carbocycles. The number of imidazole rings is 1. The van der Waals surface area contributed by atoms with Crippen LogP contribution in [0, 0.1) is 0 Å². The summed E-state index contributed by atoms with van der Waals surface area (Å²) in [5, 5.41) is 17.9. The molecule has 0 amide bonds. The maximum Gasteiger partial charge on any atom is 0.112 e. The van der Waals surface area contributed by atoms with Crippen LogP contribution >= 0.6 is 0 Å². The molecule has 1 heterocycles. The van der Waals surface area contributed by atoms with Crippen LogP contribution < -0.4 is 4.90 Å². The molecule has 18 heavy (non-hydrogen) atoms. The summed E-state index contributed by atoms with van der Waals surface area (Å²) >= 11 is 0. The Bertz CT molecular complexity index is 476. The largest absolute Gasteiger partial charge is 0.396 e. The molecule has 0 radical (unpaired) electrons. The van der Waals surface area contributed by atoms with Crippen molar-refractivity contribution in [3.05, 3.63) is 24.5 Å². The number of rotatable bonds is 7. The molecule has 0 saturated heterocycles. The number of nitrogens with zero attached hydrogens (tertiary/aromatic N) is 2. The second kappa shape index (κ2) is 6.37. The molecule has 0 spiro atoms. The Labute approximate surface area is 106 Å². The van der Waals surface area contributed by atoms with Crippen LogP contribution in [0.5, 0.6) is 0 Å². The van der Waals surface area contributed by atoms with Gasteiger partial charge in [0.1, 0.15) is 5.52 Å². The molecule has 5 nitrogen and oxygen atoms in total. The number of para-hydroxylation sites is 1. The molecule has 2 aromatic rings. The lowest BCUT2D eigenvalue weighted by Crippen LogP contribution is -2.27. The molecule has 0 aliphatic carbocycles. The monoisotopic (exact) mass is 249 g/mol. The molecule has 5 heteroatoms. The minimum absolute atomic E-state index is 0.173. The number of aromatic nitrogens is 2. The summed E-state index contributed by atoms with van der Waals surface area (Å²) in [5.74, 6) is 0. The number of benzene rings is 1. The van der Waals surface area contributed by atoms with E-state index in [1.54, 1.807) is 6.33 Å². The van der Waals surface area contributed by atoms with E-state index in [0.717, 1.165) is 29.8 Å². The van der Waals surface area contributed by atoms with E-state index in [9.17, 15) is 0 Å². The molecule has 0 atom stereocenters. The third-order valence-electron chi connectivity index (χ3n) is 2.94. The first-order valence-corrected chi connectivity index (χ1v) is 6.25. The number of nitrogens with one attached hydrogen (secondary N) is 1. The first-order chi connectivity index (χ1) is 8.86. The Balaban J connectivity index is 2.24. The number of hydrogen-bond donors (Lipinski definition) is 3. The van der Waals surface area contributed by atoms with Gasteiger partial charge in [-0.05, 0) is 25.0 Å². The minimum atomic E-state index is 0.173. The number of H-pyrrole nitrogens is 1. The number of aliphatic hydroxyl groups excluding tert-OH is 2. The highest BCUT2D eigenvalue weighted by Crippen LogP contribution is 2.24. The Morgan fingerprint density at radius 3 is 2.50 bits per heavy atom. The van der Waals surface area contributed by atoms with Gasteiger partial charge in [-0.25, -0.2) is 4.98 Å². The van der Waals surface area contributed by atoms with Gasteiger partial charge in [-0.3, -0.25) is 0 Å². The summed E-state index contributed by atoms with van der Waals surface area (Å²) in [6.07, 6.45) is 3.11. The maximum atomic E-state index is 8.96. The number of fused-ring (bicyclic) bond motifs is 1. The van der Waals surface area contributed by atoms with E-state index in [2.05, 4.69) is 14.9 Å². The van der Waals surface area contributed by atoms with E-state index in [4.69, 9.17) is 10.2 Å². The van der Waals surface area contributed by atoms with Crippen LogP contribution in [0.25, 0.3) is 11.0 Å². The fourth-order valence-corrected chi connectivity index (χ4v) is 2.08. The zero-order valence-electron chi connectivity index (χ0n) is 10.3. The van der Waals surface area contributed by atoms with Gasteiger partial charge in [-0.15, -0.1) is 0 Å². The predicted molar refractivity (Wildman–Crippen MR) is 71.7 cm³/mol. The van der Waals surface area contributed by atoms with Gasteiger partial charge in [-0.1, -0.05) is 6.07 Å². The zero-order valence-corrected chi connectivity index (χ0v) is 10.3. The molecule has 0 aliphatic rings. The smallest absolute Gasteiger partial charge is 0.112 e. The third kappa shape index (κ3) is 2.80. The van der Waals surface area contributed by atoms with Gasteiger partial charge >= 0.3 is 0 Å². The highest BCUT2D eigenvalue weighted by Gasteiger charge is 2.10. The lowest BCUT2D eigenvalue weighted by Gasteiger charge is -2.24. The normalized spacial score (nSPS) is 11.0. The highest BCUT2D eigenvalue weighted by molar-refractivity contribution is 5.88. The Morgan fingerprint density at radius 2 is 1.83 bits per heavy atom. The first kappa shape index (κ1) is 12.9. The van der Waals surface area contributed by atoms with E-state index in [-0.39, 0.29) is 13.2 Å². The topological polar surface area (TPSA) is 72.4 Å². The van der Waals surface area contributed by atoms with Crippen LogP contribution in [0.3, 0.4) is 0 Å². The fourth-order valence-electron chi connectivity index (χ4n) is 2.08. The van der Waals surface area contributed by atoms with Gasteiger partial charge < -0.3 is 20.1 Å². The molecule has 3 N–H and O–H groups in total. The van der Waals surface area contributed by atoms with Crippen molar-refractivity contribution in [1.82, 2.24) is 9.97 Å². The van der Waals surface area contributed by atoms with Crippen LogP contribution in [0.1, 0.15) is 12.8 Å². The summed E-state index contributed by atoms with van der Waals surface area (Å²) in [5.41, 5.74) is 2.99. The maximum absolute atomic E-state index is 8.96. The minimum Gasteiger partial charge on any atom is -0.396 e. The van der Waals surface area contributed by atoms with E-state index in [1.807, 2.05) is 18.2 Å². The molecule has 0 aliphatic heterocycles. The van der Waals surface area contributed by atoms with Gasteiger partial charge in [0.15, 0.2) is 0 Å². The molecule has 2 rings (SSSR count). The van der Waals surface area contributed by atoms with Crippen molar-refractivity contribution in [2.45, 2.75) is 12.8 Å². The summed E-state index contributed by atoms with van der Waals surface area (Å²) in [4.78, 5) is 9.59. The van der Waals surface area contributed by atoms with Gasteiger partial charge in [0.2, 0.25) is 0 Å². The van der Waals surface area contributed by atoms with Crippen LogP contribution in [-0.2, 0) is 0 Å². The van der Waals surface area contributed by atoms with E-state index in [0.29, 0.717) is 12.8 Å². The van der Waals surface area contributed by atoms with Crippen molar-refractivity contribution < 1.29 is 10.2 Å². The van der Waals surface area contributed by atoms with Crippen molar-refractivity contribution in [3.63, 3.8) is 0 Å². The first-order valence-electron chi connectivity index (χ1n) is 6.25. The standard InChI is InChI=1S/C13H19N3O2/c17-8-2-6-16(7-3-9-18)12-5-1-4-11-13(12)15-10-14-11/h1,4-5,10,17-18H,2-3,6-9H2,(H,14,15). The van der Waals surface area contributed by atoms with Crippen molar-refractivity contribution in [1.29, 1.82) is 0 Å². The lowest BCUT2D eigenvalue weighted by molar-refractivity contribution is 0.282. The number of anilines is 1. The average Bonchev–Trinajstić information content (AvgIpc) is 2.87. The molecule has 0 bridgehead atoms. The second-order valence-corrected chi connectivity index (χ2v) is 4.22. The van der Waals surface area contributed by atoms with Gasteiger partial charge in [0.25, 0.3) is 0 Å². The van der Waals surface area contributed by atoms with E-state index >= 15 is 0 Å². The summed E-state index contributed by atoms with van der Waals surface area (Å²) in [7, 11) is 0. The zero-order chi connectivity index (χ0) is 12.8. The molecule has 0 unspecified atom stereocenters. The van der Waals surface area contributed by atoms with E-state index < -0.39 is 0 Å². The fraction of sp³-hybridized carbons (Fsp3) is 0.462. The molecular formula is C13H19N3O2. The molecule has 0 fully saturated rings. The molecule has 0 saturated carbocycles.